The van der Waals surface area contributed by atoms with Crippen molar-refractivity contribution >= 4 is 48.4 Å². The molecule has 1 aromatic carbocycles. The first kappa shape index (κ1) is 45.4. The SMILES string of the molecule is CC(=O)N(CCC=O)CC[C@H]1CC[C@@H](C)N1C.CCOP(OCC)C(F)(F)c1ccc2sc(O)cc2c1.O=CNC1CCNC1.[CH3-].[W]. The Morgan fingerprint density at radius 3 is 2.38 bits per heavy atom. The van der Waals surface area contributed by atoms with E-state index in [0.29, 0.717) is 36.5 Å². The molecule has 0 bridgehead atoms. The van der Waals surface area contributed by atoms with Gasteiger partial charge in [-0.3, -0.25) is 9.59 Å². The molecule has 2 aliphatic rings. The van der Waals surface area contributed by atoms with Crippen LogP contribution in [0.15, 0.2) is 24.3 Å². The van der Waals surface area contributed by atoms with Gasteiger partial charge in [0.05, 0.1) is 13.2 Å². The fourth-order valence-corrected chi connectivity index (χ4v) is 7.14. The number of nitrogens with zero attached hydrogens (tertiary/aromatic N) is 2. The second-order valence-electron chi connectivity index (χ2n) is 10.9. The van der Waals surface area contributed by atoms with Crippen LogP contribution in [-0.2, 0) is 50.2 Å². The predicted molar refractivity (Wildman–Crippen MR) is 182 cm³/mol. The van der Waals surface area contributed by atoms with Crippen LogP contribution < -0.4 is 10.6 Å². The number of amides is 2. The normalized spacial score (nSPS) is 19.0. The Balaban J connectivity index is 0.000000713. The number of aldehydes is 1. The first-order valence-electron chi connectivity index (χ1n) is 15.5. The maximum Gasteiger partial charge on any atom is 0.339 e. The number of alkyl halides is 2. The van der Waals surface area contributed by atoms with Crippen molar-refractivity contribution in [3.05, 3.63) is 37.3 Å². The number of hydrogen-bond donors (Lipinski definition) is 3. The third-order valence-electron chi connectivity index (χ3n) is 7.82. The van der Waals surface area contributed by atoms with Gasteiger partial charge in [-0.1, -0.05) is 17.4 Å². The van der Waals surface area contributed by atoms with E-state index in [4.69, 9.17) is 9.05 Å². The Bertz CT molecular complexity index is 1190. The molecule has 15 heteroatoms. The van der Waals surface area contributed by atoms with Crippen LogP contribution in [0.1, 0.15) is 65.4 Å². The molecule has 2 amide bonds. The summed E-state index contributed by atoms with van der Waals surface area (Å²) in [6, 6.07) is 7.40. The fraction of sp³-hybridized carbons (Fsp3) is 0.625. The van der Waals surface area contributed by atoms with Crippen molar-refractivity contribution in [2.75, 3.05) is 46.4 Å². The van der Waals surface area contributed by atoms with Crippen molar-refractivity contribution in [1.29, 1.82) is 0 Å². The summed E-state index contributed by atoms with van der Waals surface area (Å²) in [4.78, 5) is 35.7. The molecule has 3 atom stereocenters. The van der Waals surface area contributed by atoms with E-state index in [1.54, 1.807) is 31.7 Å². The van der Waals surface area contributed by atoms with E-state index >= 15 is 0 Å². The van der Waals surface area contributed by atoms with Gasteiger partial charge in [0.1, 0.15) is 6.29 Å². The van der Waals surface area contributed by atoms with Gasteiger partial charge >= 0.3 is 5.66 Å². The average Bonchev–Trinajstić information content (AvgIpc) is 3.74. The van der Waals surface area contributed by atoms with Crippen LogP contribution in [0, 0.1) is 7.43 Å². The monoisotopic (exact) mass is 873 g/mol. The van der Waals surface area contributed by atoms with Gasteiger partial charge in [0.15, 0.2) is 5.06 Å². The summed E-state index contributed by atoms with van der Waals surface area (Å²) < 4.78 is 39.8. The Labute approximate surface area is 298 Å². The zero-order valence-corrected chi connectivity index (χ0v) is 33.0. The van der Waals surface area contributed by atoms with Crippen molar-refractivity contribution in [1.82, 2.24) is 20.4 Å². The summed E-state index contributed by atoms with van der Waals surface area (Å²) in [7, 11) is -0.163. The van der Waals surface area contributed by atoms with Crippen molar-refractivity contribution in [2.24, 2.45) is 0 Å². The standard InChI is InChI=1S/C13H15F2O3PS.C13H24N2O2.C5H10N2O.CH3.W/c1-3-17-19(18-4-2)13(14,15)10-5-6-11-9(7-10)8-12(16)20-11;1-11-5-6-13(14(11)3)7-9-15(12(2)17)8-4-10-16;8-4-7-5-1-2-6-3-5;;/h5-8,16H,3-4H2,1-2H3;10-11,13H,4-9H2,1-3H3;4-6H,1-3H2,(H,7,8);1H3;/q;;;-1;/t;11-,13-;;;/m.1.../s1. The summed E-state index contributed by atoms with van der Waals surface area (Å²) in [5.41, 5.74) is -3.34. The molecule has 268 valence electrons. The number of aromatic hydroxyl groups is 1. The molecule has 3 N–H and O–H groups in total. The Hall–Kier alpha value is -1.59. The minimum atomic E-state index is -3.19. The molecule has 0 aliphatic carbocycles. The molecule has 2 saturated heterocycles. The van der Waals surface area contributed by atoms with Gasteiger partial charge in [-0.05, 0) is 83.6 Å². The average molecular weight is 874 g/mol. The summed E-state index contributed by atoms with van der Waals surface area (Å²) in [6.45, 7) is 10.8. The zero-order chi connectivity index (χ0) is 33.4. The number of halogens is 2. The van der Waals surface area contributed by atoms with Gasteiger partial charge in [0.2, 0.25) is 12.3 Å². The van der Waals surface area contributed by atoms with Crippen LogP contribution in [0.5, 0.6) is 5.06 Å². The maximum atomic E-state index is 14.4. The number of benzene rings is 1. The molecule has 0 radical (unpaired) electrons. The number of carbonyl (C=O) groups is 3. The summed E-state index contributed by atoms with van der Waals surface area (Å²) in [5.74, 6) is 0.0700. The number of rotatable bonds is 14. The van der Waals surface area contributed by atoms with E-state index in [1.807, 2.05) is 0 Å². The third-order valence-corrected chi connectivity index (χ3v) is 10.4. The molecule has 2 aliphatic heterocycles. The van der Waals surface area contributed by atoms with Gasteiger partial charge in [-0.2, -0.15) is 8.78 Å². The minimum Gasteiger partial charge on any atom is -0.499 e. The number of fused-ring (bicyclic) bond motifs is 1. The molecule has 1 unspecified atom stereocenters. The van der Waals surface area contributed by atoms with E-state index in [0.717, 1.165) is 61.2 Å². The van der Waals surface area contributed by atoms with Gasteiger partial charge in [0.25, 0.3) is 8.38 Å². The van der Waals surface area contributed by atoms with Gasteiger partial charge in [-0.15, -0.1) is 0 Å². The Morgan fingerprint density at radius 1 is 1.19 bits per heavy atom. The van der Waals surface area contributed by atoms with Crippen LogP contribution in [-0.4, -0.2) is 98.1 Å². The largest absolute Gasteiger partial charge is 0.499 e. The second-order valence-corrected chi connectivity index (χ2v) is 13.6. The summed E-state index contributed by atoms with van der Waals surface area (Å²) in [6.07, 6.45) is 6.62. The molecule has 10 nitrogen and oxygen atoms in total. The number of likely N-dealkylation sites (tertiary alicyclic amines) is 1. The van der Waals surface area contributed by atoms with Gasteiger partial charge in [0, 0.05) is 82.4 Å². The molecule has 2 fully saturated rings. The first-order valence-corrected chi connectivity index (χ1v) is 17.5. The van der Waals surface area contributed by atoms with E-state index in [-0.39, 0.29) is 58.2 Å². The molecule has 3 heterocycles. The molecule has 0 spiro atoms. The van der Waals surface area contributed by atoms with Crippen molar-refractivity contribution < 1.29 is 58.4 Å². The second kappa shape index (κ2) is 23.7. The van der Waals surface area contributed by atoms with Crippen molar-refractivity contribution in [2.45, 2.75) is 83.6 Å². The van der Waals surface area contributed by atoms with Gasteiger partial charge in [-0.25, -0.2) is 0 Å². The number of nitrogens with one attached hydrogen (secondary N) is 2. The smallest absolute Gasteiger partial charge is 0.339 e. The van der Waals surface area contributed by atoms with Crippen LogP contribution in [0.3, 0.4) is 0 Å². The molecule has 1 aromatic heterocycles. The maximum absolute atomic E-state index is 14.4. The fourth-order valence-electron chi connectivity index (χ4n) is 5.14. The van der Waals surface area contributed by atoms with Crippen LogP contribution in [0.25, 0.3) is 10.1 Å². The predicted octanol–water partition coefficient (Wildman–Crippen LogP) is 5.88. The number of hydrogen-bond acceptors (Lipinski definition) is 9. The third kappa shape index (κ3) is 14.8. The Morgan fingerprint density at radius 2 is 1.87 bits per heavy atom. The molecular weight excluding hydrogens is 821 g/mol. The van der Waals surface area contributed by atoms with E-state index in [9.17, 15) is 28.3 Å². The zero-order valence-electron chi connectivity index (χ0n) is 28.4. The van der Waals surface area contributed by atoms with Crippen molar-refractivity contribution in [3.63, 3.8) is 0 Å². The quantitative estimate of drug-likeness (QED) is 0.123. The molecule has 2 aromatic rings. The van der Waals surface area contributed by atoms with Crippen molar-refractivity contribution in [3.8, 4) is 5.06 Å². The van der Waals surface area contributed by atoms with E-state index in [1.165, 1.54) is 31.0 Å². The number of carbonyl (C=O) groups excluding carboxylic acids is 3. The molecule has 0 saturated carbocycles. The first-order chi connectivity index (χ1) is 21.5. The molecule has 47 heavy (non-hydrogen) atoms. The van der Waals surface area contributed by atoms with E-state index < -0.39 is 14.0 Å². The number of thiophene rings is 1. The minimum absolute atomic E-state index is 0. The van der Waals surface area contributed by atoms with Gasteiger partial charge < -0.3 is 46.8 Å². The topological polar surface area (TPSA) is 120 Å². The Kier molecular flexibility index (Phi) is 22.9. The summed E-state index contributed by atoms with van der Waals surface area (Å²) in [5, 5.41) is 15.9. The van der Waals surface area contributed by atoms with E-state index in [2.05, 4.69) is 29.5 Å². The molecule has 4 rings (SSSR count). The molecular formula is C32H52F2N4O6PSW-. The van der Waals surface area contributed by atoms with Crippen LogP contribution >= 0.6 is 19.7 Å². The van der Waals surface area contributed by atoms with Crippen LogP contribution in [0.2, 0.25) is 0 Å². The van der Waals surface area contributed by atoms with Crippen LogP contribution in [0.4, 0.5) is 8.78 Å². The summed E-state index contributed by atoms with van der Waals surface area (Å²) >= 11 is 1.15.